The van der Waals surface area contributed by atoms with Gasteiger partial charge < -0.3 is 5.32 Å². The Balaban J connectivity index is 2.02. The zero-order chi connectivity index (χ0) is 20.1. The van der Waals surface area contributed by atoms with Crippen LogP contribution in [0.15, 0.2) is 30.5 Å². The molecule has 1 N–H and O–H groups in total. The molecule has 1 aromatic carbocycles. The van der Waals surface area contributed by atoms with E-state index in [1.807, 2.05) is 11.0 Å². The van der Waals surface area contributed by atoms with Gasteiger partial charge in [0.2, 0.25) is 0 Å². The summed E-state index contributed by atoms with van der Waals surface area (Å²) < 4.78 is 28.5. The van der Waals surface area contributed by atoms with Gasteiger partial charge in [-0.1, -0.05) is 0 Å². The van der Waals surface area contributed by atoms with E-state index in [0.29, 0.717) is 48.6 Å². The maximum atomic E-state index is 13.5. The quantitative estimate of drug-likeness (QED) is 0.555. The van der Waals surface area contributed by atoms with Gasteiger partial charge in [0.25, 0.3) is 0 Å². The number of nitrogens with zero attached hydrogens (tertiary/aromatic N) is 5. The number of nitrogens with one attached hydrogen (secondary N) is 1. The second-order valence-corrected chi connectivity index (χ2v) is 6.73. The van der Waals surface area contributed by atoms with E-state index in [1.54, 1.807) is 6.07 Å². The van der Waals surface area contributed by atoms with Gasteiger partial charge in [-0.2, -0.15) is 14.9 Å². The van der Waals surface area contributed by atoms with Crippen molar-refractivity contribution in [2.45, 2.75) is 6.54 Å². The van der Waals surface area contributed by atoms with E-state index in [4.69, 9.17) is 23.2 Å². The van der Waals surface area contributed by atoms with Gasteiger partial charge in [0.15, 0.2) is 5.65 Å². The van der Waals surface area contributed by atoms with Crippen molar-refractivity contribution < 1.29 is 8.78 Å². The lowest BCUT2D eigenvalue weighted by atomic mass is 10.2. The van der Waals surface area contributed by atoms with E-state index in [-0.39, 0.29) is 11.3 Å². The number of fused-ring (bicyclic) bond motifs is 1. The lowest BCUT2D eigenvalue weighted by Gasteiger charge is -2.20. The van der Waals surface area contributed by atoms with E-state index in [1.165, 1.54) is 10.7 Å². The average molecular weight is 425 g/mol. The summed E-state index contributed by atoms with van der Waals surface area (Å²) in [5.41, 5.74) is 1.48. The third-order valence-electron chi connectivity index (χ3n) is 3.97. The number of anilines is 2. The first-order valence-electron chi connectivity index (χ1n) is 8.39. The number of aromatic nitrogens is 3. The smallest absolute Gasteiger partial charge is 0.175 e. The number of benzene rings is 1. The number of halogens is 4. The molecular weight excluding hydrogens is 409 g/mol. The van der Waals surface area contributed by atoms with Crippen LogP contribution in [0, 0.1) is 23.0 Å². The molecule has 2 heterocycles. The third kappa shape index (κ3) is 4.68. The molecule has 0 bridgehead atoms. The van der Waals surface area contributed by atoms with E-state index < -0.39 is 11.6 Å². The normalized spacial score (nSPS) is 11.1. The monoisotopic (exact) mass is 424 g/mol. The molecule has 3 rings (SSSR count). The second-order valence-electron chi connectivity index (χ2n) is 5.98. The van der Waals surface area contributed by atoms with Crippen LogP contribution in [-0.4, -0.2) is 44.3 Å². The highest BCUT2D eigenvalue weighted by atomic mass is 35.5. The number of rotatable bonds is 8. The molecule has 6 nitrogen and oxygen atoms in total. The van der Waals surface area contributed by atoms with E-state index in [2.05, 4.69) is 15.4 Å². The molecule has 0 atom stereocenters. The summed E-state index contributed by atoms with van der Waals surface area (Å²) in [6, 6.07) is 6.86. The van der Waals surface area contributed by atoms with Crippen LogP contribution < -0.4 is 5.32 Å². The molecule has 0 saturated carbocycles. The molecule has 0 saturated heterocycles. The van der Waals surface area contributed by atoms with Crippen molar-refractivity contribution in [3.05, 3.63) is 53.4 Å². The molecule has 0 unspecified atom stereocenters. The number of hydrogen-bond donors (Lipinski definition) is 1. The highest BCUT2D eigenvalue weighted by molar-refractivity contribution is 6.18. The van der Waals surface area contributed by atoms with Gasteiger partial charge >= 0.3 is 0 Å². The zero-order valence-electron chi connectivity index (χ0n) is 14.7. The molecule has 0 amide bonds. The van der Waals surface area contributed by atoms with Crippen molar-refractivity contribution in [2.24, 2.45) is 0 Å². The van der Waals surface area contributed by atoms with Crippen LogP contribution in [0.2, 0.25) is 0 Å². The van der Waals surface area contributed by atoms with Gasteiger partial charge in [-0.3, -0.25) is 4.90 Å². The van der Waals surface area contributed by atoms with Crippen LogP contribution in [0.5, 0.6) is 0 Å². The number of hydrogen-bond acceptors (Lipinski definition) is 5. The zero-order valence-corrected chi connectivity index (χ0v) is 16.2. The molecule has 28 heavy (non-hydrogen) atoms. The third-order valence-corrected chi connectivity index (χ3v) is 4.31. The Morgan fingerprint density at radius 2 is 1.79 bits per heavy atom. The SMILES string of the molecule is N#Cc1cnn2c(Nc3cc(F)cc(F)c3)cc(CN(CCCl)CCCl)nc12. The van der Waals surface area contributed by atoms with Gasteiger partial charge in [0, 0.05) is 49.2 Å². The Labute approximate surface area is 170 Å². The first-order valence-corrected chi connectivity index (χ1v) is 9.46. The van der Waals surface area contributed by atoms with Crippen LogP contribution in [0.25, 0.3) is 5.65 Å². The van der Waals surface area contributed by atoms with E-state index in [0.717, 1.165) is 18.2 Å². The molecule has 10 heteroatoms. The largest absolute Gasteiger partial charge is 0.340 e. The van der Waals surface area contributed by atoms with Gasteiger partial charge in [-0.15, -0.1) is 23.2 Å². The predicted molar refractivity (Wildman–Crippen MR) is 104 cm³/mol. The summed E-state index contributed by atoms with van der Waals surface area (Å²) in [5.74, 6) is -0.127. The van der Waals surface area contributed by atoms with Crippen molar-refractivity contribution in [2.75, 3.05) is 30.2 Å². The van der Waals surface area contributed by atoms with Crippen LogP contribution in [0.1, 0.15) is 11.3 Å². The Morgan fingerprint density at radius 1 is 1.11 bits per heavy atom. The molecule has 0 aliphatic carbocycles. The molecule has 0 radical (unpaired) electrons. The molecule has 0 fully saturated rings. The van der Waals surface area contributed by atoms with Crippen molar-refractivity contribution in [3.63, 3.8) is 0 Å². The maximum Gasteiger partial charge on any atom is 0.175 e. The minimum atomic E-state index is -0.707. The summed E-state index contributed by atoms with van der Waals surface area (Å²) in [5, 5.41) is 16.4. The van der Waals surface area contributed by atoms with Crippen LogP contribution in [0.4, 0.5) is 20.3 Å². The highest BCUT2D eigenvalue weighted by Gasteiger charge is 2.14. The summed E-state index contributed by atoms with van der Waals surface area (Å²) in [6.07, 6.45) is 1.39. The Morgan fingerprint density at radius 3 is 2.39 bits per heavy atom. The molecule has 0 aliphatic heterocycles. The fourth-order valence-electron chi connectivity index (χ4n) is 2.77. The second kappa shape index (κ2) is 9.15. The summed E-state index contributed by atoms with van der Waals surface area (Å²) >= 11 is 11.7. The minimum absolute atomic E-state index is 0.211. The average Bonchev–Trinajstić information content (AvgIpc) is 3.04. The first-order chi connectivity index (χ1) is 13.5. The molecule has 146 valence electrons. The van der Waals surface area contributed by atoms with Crippen molar-refractivity contribution in [3.8, 4) is 6.07 Å². The topological polar surface area (TPSA) is 69.2 Å². The van der Waals surface area contributed by atoms with E-state index in [9.17, 15) is 14.0 Å². The van der Waals surface area contributed by atoms with Gasteiger partial charge in [-0.25, -0.2) is 13.8 Å². The van der Waals surface area contributed by atoms with E-state index >= 15 is 0 Å². The van der Waals surface area contributed by atoms with Gasteiger partial charge in [0.05, 0.1) is 11.9 Å². The molecule has 2 aromatic heterocycles. The highest BCUT2D eigenvalue weighted by Crippen LogP contribution is 2.22. The first kappa shape index (κ1) is 20.3. The van der Waals surface area contributed by atoms with Gasteiger partial charge in [0.1, 0.15) is 29.1 Å². The van der Waals surface area contributed by atoms with Gasteiger partial charge in [-0.05, 0) is 12.1 Å². The van der Waals surface area contributed by atoms with Crippen LogP contribution >= 0.6 is 23.2 Å². The van der Waals surface area contributed by atoms with Crippen LogP contribution in [-0.2, 0) is 6.54 Å². The summed E-state index contributed by atoms with van der Waals surface area (Å²) in [6.45, 7) is 1.67. The standard InChI is InChI=1S/C18H16Cl2F2N6/c19-1-3-27(4-2-20)11-16-8-17(25-15-6-13(21)5-14(22)7-15)28-18(26-16)12(9-23)10-24-28/h5-8,10,25H,1-4,11H2. The molecule has 3 aromatic rings. The molecule has 0 aliphatic rings. The lowest BCUT2D eigenvalue weighted by molar-refractivity contribution is 0.296. The summed E-state index contributed by atoms with van der Waals surface area (Å²) in [4.78, 5) is 6.53. The van der Waals surface area contributed by atoms with Crippen molar-refractivity contribution in [1.82, 2.24) is 19.5 Å². The Hall–Kier alpha value is -2.47. The molecular formula is C18H16Cl2F2N6. The maximum absolute atomic E-state index is 13.5. The Kier molecular flexibility index (Phi) is 6.62. The fourth-order valence-corrected chi connectivity index (χ4v) is 3.25. The predicted octanol–water partition coefficient (Wildman–Crippen LogP) is 3.90. The van der Waals surface area contributed by atoms with Crippen molar-refractivity contribution >= 4 is 40.4 Å². The number of alkyl halides is 2. The lowest BCUT2D eigenvalue weighted by Crippen LogP contribution is -2.28. The van der Waals surface area contributed by atoms with Crippen molar-refractivity contribution in [1.29, 1.82) is 5.26 Å². The van der Waals surface area contributed by atoms with Crippen LogP contribution in [0.3, 0.4) is 0 Å². The minimum Gasteiger partial charge on any atom is -0.340 e. The number of nitriles is 1. The summed E-state index contributed by atoms with van der Waals surface area (Å²) in [7, 11) is 0. The molecule has 0 spiro atoms. The fraction of sp³-hybridized carbons (Fsp3) is 0.278. The Bertz CT molecular complexity index is 991.